The minimum Gasteiger partial charge on any atom is -0.390 e. The Balaban J connectivity index is 1.59. The van der Waals surface area contributed by atoms with Gasteiger partial charge in [0.15, 0.2) is 5.70 Å². The number of hydrogen-bond donors (Lipinski definition) is 0. The number of hydrogen-bond acceptors (Lipinski definition) is 0. The van der Waals surface area contributed by atoms with Gasteiger partial charge < -0.3 is 17.6 Å². The molecule has 2 aromatic rings. The number of rotatable bonds is 6. The quantitative estimate of drug-likeness (QED) is 0.352. The van der Waals surface area contributed by atoms with Crippen LogP contribution < -0.4 is 0 Å². The average molecular weight is 418 g/mol. The topological polar surface area (TPSA) is 7.94 Å². The molecular formula is C26H29BF2N2. The summed E-state index contributed by atoms with van der Waals surface area (Å²) >= 11 is 0. The summed E-state index contributed by atoms with van der Waals surface area (Å²) in [4.78, 5) is 0. The zero-order valence-corrected chi connectivity index (χ0v) is 18.4. The Bertz CT molecular complexity index is 1110. The third kappa shape index (κ3) is 4.56. The van der Waals surface area contributed by atoms with E-state index in [0.717, 1.165) is 18.4 Å². The van der Waals surface area contributed by atoms with E-state index in [-0.39, 0.29) is 5.41 Å². The van der Waals surface area contributed by atoms with Crippen LogP contribution in [0.15, 0.2) is 72.5 Å². The molecule has 0 unspecified atom stereocenters. The van der Waals surface area contributed by atoms with Gasteiger partial charge in [-0.15, -0.1) is 0 Å². The molecule has 31 heavy (non-hydrogen) atoms. The van der Waals surface area contributed by atoms with E-state index >= 15 is 8.63 Å². The highest BCUT2D eigenvalue weighted by molar-refractivity contribution is 6.58. The molecule has 0 spiro atoms. The van der Waals surface area contributed by atoms with E-state index in [1.807, 2.05) is 66.8 Å². The van der Waals surface area contributed by atoms with E-state index in [2.05, 4.69) is 20.8 Å². The van der Waals surface area contributed by atoms with Gasteiger partial charge in [0.05, 0.1) is 0 Å². The summed E-state index contributed by atoms with van der Waals surface area (Å²) in [6.07, 6.45) is 15.5. The van der Waals surface area contributed by atoms with Crippen LogP contribution in [0.1, 0.15) is 57.0 Å². The van der Waals surface area contributed by atoms with E-state index in [9.17, 15) is 0 Å². The standard InChI is InChI=1S/C26H29BF2N2/c1-26(2,3)19-9-14-23-16-18-25-20-24-17-15-22(30(24)27(28,29)31(23)25)13-8-7-12-21-10-5-4-6-11-21/h4-8,10-13,15-18,20H,9,14,19H2,1-3H3/b12-7+,13-8+. The van der Waals surface area contributed by atoms with Crippen molar-refractivity contribution in [2.24, 2.45) is 5.41 Å². The molecule has 0 amide bonds. The SMILES string of the molecule is CC(C)(C)CCCC1=[N+]2C(=Cc3ccc(/C=C/C=C/c4ccccc4)n3[B-]2(F)F)C=C1. The molecule has 0 N–H and O–H groups in total. The van der Waals surface area contributed by atoms with E-state index in [0.29, 0.717) is 29.2 Å². The van der Waals surface area contributed by atoms with Crippen molar-refractivity contribution in [2.45, 2.75) is 40.0 Å². The normalized spacial score (nSPS) is 17.5. The van der Waals surface area contributed by atoms with Gasteiger partial charge in [0.1, 0.15) is 5.71 Å². The van der Waals surface area contributed by atoms with Gasteiger partial charge in [-0.3, -0.25) is 0 Å². The van der Waals surface area contributed by atoms with Crippen LogP contribution in [0.3, 0.4) is 0 Å². The first-order valence-electron chi connectivity index (χ1n) is 10.9. The van der Waals surface area contributed by atoms with Crippen LogP contribution in [0.2, 0.25) is 0 Å². The van der Waals surface area contributed by atoms with Gasteiger partial charge in [-0.25, -0.2) is 0 Å². The zero-order valence-electron chi connectivity index (χ0n) is 18.4. The Morgan fingerprint density at radius 1 is 0.968 bits per heavy atom. The van der Waals surface area contributed by atoms with Gasteiger partial charge in [0, 0.05) is 36.0 Å². The maximum atomic E-state index is 15.7. The predicted octanol–water partition coefficient (Wildman–Crippen LogP) is 7.03. The molecule has 0 atom stereocenters. The van der Waals surface area contributed by atoms with E-state index in [4.69, 9.17) is 0 Å². The largest absolute Gasteiger partial charge is 0.737 e. The summed E-state index contributed by atoms with van der Waals surface area (Å²) in [6, 6.07) is 13.5. The van der Waals surface area contributed by atoms with Crippen molar-refractivity contribution in [3.63, 3.8) is 0 Å². The summed E-state index contributed by atoms with van der Waals surface area (Å²) in [5.41, 5.74) is 3.62. The minimum atomic E-state index is -3.94. The fraction of sp³-hybridized carbons (Fsp3) is 0.269. The second-order valence-corrected chi connectivity index (χ2v) is 9.45. The molecule has 160 valence electrons. The molecule has 0 radical (unpaired) electrons. The van der Waals surface area contributed by atoms with Crippen molar-refractivity contribution in [3.05, 3.63) is 89.4 Å². The van der Waals surface area contributed by atoms with Crippen LogP contribution in [0.25, 0.3) is 18.2 Å². The fourth-order valence-corrected chi connectivity index (χ4v) is 4.25. The molecule has 1 aromatic carbocycles. The van der Waals surface area contributed by atoms with Crippen LogP contribution >= 0.6 is 0 Å². The van der Waals surface area contributed by atoms with E-state index in [1.165, 1.54) is 8.96 Å². The van der Waals surface area contributed by atoms with Gasteiger partial charge in [-0.2, -0.15) is 0 Å². The first-order chi connectivity index (χ1) is 14.8. The summed E-state index contributed by atoms with van der Waals surface area (Å²) in [5.74, 6) is 0. The molecule has 0 saturated carbocycles. The molecule has 1 aromatic heterocycles. The maximum Gasteiger partial charge on any atom is 0.737 e. The van der Waals surface area contributed by atoms with Gasteiger partial charge in [0.2, 0.25) is 0 Å². The average Bonchev–Trinajstić information content (AvgIpc) is 3.31. The number of aromatic nitrogens is 1. The third-order valence-electron chi connectivity index (χ3n) is 5.76. The Kier molecular flexibility index (Phi) is 5.70. The van der Waals surface area contributed by atoms with E-state index in [1.54, 1.807) is 18.2 Å². The number of benzene rings is 1. The minimum absolute atomic E-state index is 0.204. The van der Waals surface area contributed by atoms with Crippen molar-refractivity contribution in [1.29, 1.82) is 0 Å². The predicted molar refractivity (Wildman–Crippen MR) is 128 cm³/mol. The van der Waals surface area contributed by atoms with Crippen molar-refractivity contribution in [1.82, 2.24) is 4.48 Å². The lowest BCUT2D eigenvalue weighted by Crippen LogP contribution is -2.50. The monoisotopic (exact) mass is 418 g/mol. The zero-order chi connectivity index (χ0) is 22.1. The van der Waals surface area contributed by atoms with Crippen molar-refractivity contribution >= 4 is 30.9 Å². The molecule has 4 rings (SSSR count). The van der Waals surface area contributed by atoms with Gasteiger partial charge >= 0.3 is 6.97 Å². The first kappa shape index (κ1) is 21.3. The van der Waals surface area contributed by atoms with Crippen LogP contribution in [-0.2, 0) is 0 Å². The van der Waals surface area contributed by atoms with Crippen LogP contribution in [0.5, 0.6) is 0 Å². The summed E-state index contributed by atoms with van der Waals surface area (Å²) in [6.45, 7) is 2.61. The molecule has 3 heterocycles. The Hall–Kier alpha value is -2.95. The van der Waals surface area contributed by atoms with Crippen LogP contribution in [-0.4, -0.2) is 21.6 Å². The number of fused-ring (bicyclic) bond motifs is 2. The number of allylic oxidation sites excluding steroid dienone is 4. The van der Waals surface area contributed by atoms with E-state index < -0.39 is 6.97 Å². The highest BCUT2D eigenvalue weighted by Crippen LogP contribution is 2.34. The van der Waals surface area contributed by atoms with Crippen molar-refractivity contribution in [3.8, 4) is 0 Å². The molecule has 0 fully saturated rings. The van der Waals surface area contributed by atoms with Crippen molar-refractivity contribution in [2.75, 3.05) is 0 Å². The molecule has 5 heteroatoms. The Morgan fingerprint density at radius 2 is 1.71 bits per heavy atom. The molecular weight excluding hydrogens is 389 g/mol. The smallest absolute Gasteiger partial charge is 0.390 e. The molecule has 2 nitrogen and oxygen atoms in total. The molecule has 0 aliphatic carbocycles. The highest BCUT2D eigenvalue weighted by Gasteiger charge is 2.52. The lowest BCUT2D eigenvalue weighted by Gasteiger charge is -2.30. The van der Waals surface area contributed by atoms with Crippen LogP contribution in [0.4, 0.5) is 8.63 Å². The van der Waals surface area contributed by atoms with Crippen LogP contribution in [0, 0.1) is 5.41 Å². The second-order valence-electron chi connectivity index (χ2n) is 9.45. The maximum absolute atomic E-state index is 15.7. The fourth-order valence-electron chi connectivity index (χ4n) is 4.25. The van der Waals surface area contributed by atoms with Gasteiger partial charge in [-0.1, -0.05) is 69.3 Å². The Morgan fingerprint density at radius 3 is 2.45 bits per heavy atom. The highest BCUT2D eigenvalue weighted by atomic mass is 19.2. The van der Waals surface area contributed by atoms with Crippen molar-refractivity contribution < 1.29 is 13.1 Å². The lowest BCUT2D eigenvalue weighted by molar-refractivity contribution is -0.362. The number of nitrogens with zero attached hydrogens (tertiary/aromatic N) is 2. The molecule has 0 saturated heterocycles. The second kappa shape index (κ2) is 8.29. The molecule has 0 bridgehead atoms. The summed E-state index contributed by atoms with van der Waals surface area (Å²) in [7, 11) is 0. The summed E-state index contributed by atoms with van der Waals surface area (Å²) < 4.78 is 33.9. The third-order valence-corrected chi connectivity index (χ3v) is 5.76. The van der Waals surface area contributed by atoms with Gasteiger partial charge in [-0.05, 0) is 42.0 Å². The first-order valence-corrected chi connectivity index (χ1v) is 10.9. The molecule has 2 aliphatic rings. The summed E-state index contributed by atoms with van der Waals surface area (Å²) in [5, 5.41) is 0. The Labute approximate surface area is 183 Å². The lowest BCUT2D eigenvalue weighted by atomic mass is 9.88. The molecule has 2 aliphatic heterocycles. The number of halogens is 2. The van der Waals surface area contributed by atoms with Gasteiger partial charge in [0.25, 0.3) is 0 Å².